The average Bonchev–Trinajstić information content (AvgIpc) is 3.13. The smallest absolute Gasteiger partial charge is 0.287 e. The maximum Gasteiger partial charge on any atom is 0.287 e. The van der Waals surface area contributed by atoms with Gasteiger partial charge in [-0.25, -0.2) is 0 Å². The van der Waals surface area contributed by atoms with Crippen LogP contribution in [-0.4, -0.2) is 24.2 Å². The summed E-state index contributed by atoms with van der Waals surface area (Å²) < 4.78 is 5.87. The predicted octanol–water partition coefficient (Wildman–Crippen LogP) is 5.28. The van der Waals surface area contributed by atoms with E-state index >= 15 is 0 Å². The van der Waals surface area contributed by atoms with Gasteiger partial charge in [0.05, 0.1) is 0 Å². The van der Waals surface area contributed by atoms with E-state index in [1.165, 1.54) is 35.1 Å². The van der Waals surface area contributed by atoms with E-state index in [1.807, 2.05) is 19.9 Å². The van der Waals surface area contributed by atoms with Crippen LogP contribution in [0.5, 0.6) is 0 Å². The molecule has 0 saturated carbocycles. The van der Waals surface area contributed by atoms with Crippen molar-refractivity contribution in [3.63, 3.8) is 0 Å². The van der Waals surface area contributed by atoms with E-state index in [9.17, 15) is 9.90 Å². The van der Waals surface area contributed by atoms with Crippen molar-refractivity contribution in [2.75, 3.05) is 13.2 Å². The first-order valence-electron chi connectivity index (χ1n) is 11.0. The Morgan fingerprint density at radius 2 is 1.70 bits per heavy atom. The number of hydrogen-bond acceptors (Lipinski definition) is 3. The van der Waals surface area contributed by atoms with E-state index in [-0.39, 0.29) is 28.8 Å². The number of aliphatic hydroxyl groups excluding tert-OH is 1. The number of aryl methyl sites for hydroxylation is 1. The molecule has 0 saturated heterocycles. The summed E-state index contributed by atoms with van der Waals surface area (Å²) in [7, 11) is 0. The van der Waals surface area contributed by atoms with Gasteiger partial charge in [0.1, 0.15) is 5.76 Å². The maximum atomic E-state index is 12.4. The highest BCUT2D eigenvalue weighted by Gasteiger charge is 2.37. The number of fused-ring (bicyclic) bond motifs is 1. The number of benzene rings is 1. The molecular weight excluding hydrogens is 374 g/mol. The monoisotopic (exact) mass is 411 g/mol. The van der Waals surface area contributed by atoms with Crippen LogP contribution >= 0.6 is 0 Å². The number of aliphatic hydroxyl groups is 1. The summed E-state index contributed by atoms with van der Waals surface area (Å²) in [6.45, 7) is 15.7. The second-order valence-corrected chi connectivity index (χ2v) is 11.0. The van der Waals surface area contributed by atoms with Gasteiger partial charge in [-0.2, -0.15) is 0 Å². The van der Waals surface area contributed by atoms with Crippen LogP contribution in [0.2, 0.25) is 0 Å². The largest absolute Gasteiger partial charge is 0.456 e. The van der Waals surface area contributed by atoms with Crippen molar-refractivity contribution < 1.29 is 14.3 Å². The summed E-state index contributed by atoms with van der Waals surface area (Å²) in [6, 6.07) is 8.34. The van der Waals surface area contributed by atoms with Crippen molar-refractivity contribution in [1.82, 2.24) is 5.32 Å². The Kier molecular flexibility index (Phi) is 5.94. The lowest BCUT2D eigenvalue weighted by molar-refractivity contribution is 0.0882. The molecule has 0 bridgehead atoms. The summed E-state index contributed by atoms with van der Waals surface area (Å²) in [5, 5.41) is 12.2. The van der Waals surface area contributed by atoms with Crippen LogP contribution in [0, 0.1) is 12.3 Å². The zero-order valence-electron chi connectivity index (χ0n) is 19.6. The van der Waals surface area contributed by atoms with Gasteiger partial charge in [0.2, 0.25) is 0 Å². The van der Waals surface area contributed by atoms with Crippen molar-refractivity contribution in [3.05, 3.63) is 58.0 Å². The van der Waals surface area contributed by atoms with Crippen LogP contribution in [0.3, 0.4) is 0 Å². The highest BCUT2D eigenvalue weighted by Crippen LogP contribution is 2.46. The van der Waals surface area contributed by atoms with E-state index in [0.717, 1.165) is 5.76 Å². The Labute approximate surface area is 181 Å². The lowest BCUT2D eigenvalue weighted by atomic mass is 9.62. The molecule has 0 spiro atoms. The summed E-state index contributed by atoms with van der Waals surface area (Å²) in [6.07, 6.45) is 3.06. The molecule has 1 heterocycles. The van der Waals surface area contributed by atoms with Gasteiger partial charge in [0.25, 0.3) is 5.91 Å². The first-order chi connectivity index (χ1) is 13.8. The Balaban J connectivity index is 1.80. The predicted molar refractivity (Wildman–Crippen MR) is 121 cm³/mol. The third kappa shape index (κ3) is 4.64. The number of carbonyl (C=O) groups is 1. The zero-order chi connectivity index (χ0) is 22.3. The lowest BCUT2D eigenvalue weighted by Gasteiger charge is -2.42. The normalized spacial score (nSPS) is 17.5. The van der Waals surface area contributed by atoms with Crippen molar-refractivity contribution in [3.8, 4) is 0 Å². The number of furan rings is 1. The lowest BCUT2D eigenvalue weighted by Crippen LogP contribution is -2.35. The van der Waals surface area contributed by atoms with Gasteiger partial charge in [-0.05, 0) is 65.0 Å². The third-order valence-corrected chi connectivity index (χ3v) is 6.71. The first-order valence-corrected chi connectivity index (χ1v) is 11.0. The zero-order valence-corrected chi connectivity index (χ0v) is 19.6. The molecule has 1 aliphatic carbocycles. The number of nitrogens with one attached hydrogen (secondary N) is 1. The summed E-state index contributed by atoms with van der Waals surface area (Å²) in [4.78, 5) is 12.4. The van der Waals surface area contributed by atoms with E-state index < -0.39 is 0 Å². The van der Waals surface area contributed by atoms with Gasteiger partial charge in [0, 0.05) is 25.0 Å². The minimum atomic E-state index is -0.355. The summed E-state index contributed by atoms with van der Waals surface area (Å²) >= 11 is 0. The number of rotatable bonds is 6. The van der Waals surface area contributed by atoms with Crippen LogP contribution in [0.1, 0.15) is 93.0 Å². The highest BCUT2D eigenvalue weighted by molar-refractivity contribution is 5.91. The molecule has 1 aromatic heterocycles. The minimum absolute atomic E-state index is 0.0153. The Morgan fingerprint density at radius 3 is 2.30 bits per heavy atom. The van der Waals surface area contributed by atoms with Crippen molar-refractivity contribution >= 4 is 5.91 Å². The van der Waals surface area contributed by atoms with Crippen LogP contribution in [-0.2, 0) is 17.3 Å². The van der Waals surface area contributed by atoms with Gasteiger partial charge in [-0.1, -0.05) is 53.7 Å². The number of amides is 1. The summed E-state index contributed by atoms with van der Waals surface area (Å²) in [5.41, 5.74) is 5.44. The molecule has 3 rings (SSSR count). The number of hydrogen-bond donors (Lipinski definition) is 2. The molecule has 2 aromatic rings. The first kappa shape index (κ1) is 22.6. The topological polar surface area (TPSA) is 62.5 Å². The van der Waals surface area contributed by atoms with E-state index in [2.05, 4.69) is 52.1 Å². The summed E-state index contributed by atoms with van der Waals surface area (Å²) in [5.74, 6) is 0.862. The molecule has 30 heavy (non-hydrogen) atoms. The van der Waals surface area contributed by atoms with Gasteiger partial charge in [0.15, 0.2) is 5.76 Å². The number of carbonyl (C=O) groups excluding carboxylic acids is 1. The fourth-order valence-corrected chi connectivity index (χ4v) is 4.20. The van der Waals surface area contributed by atoms with E-state index in [1.54, 1.807) is 6.07 Å². The van der Waals surface area contributed by atoms with Crippen molar-refractivity contribution in [2.24, 2.45) is 5.41 Å². The molecule has 4 nitrogen and oxygen atoms in total. The van der Waals surface area contributed by atoms with Crippen LogP contribution in [0.25, 0.3) is 0 Å². The molecule has 164 valence electrons. The molecular formula is C26H37NO3. The van der Waals surface area contributed by atoms with Crippen molar-refractivity contribution in [1.29, 1.82) is 0 Å². The Morgan fingerprint density at radius 1 is 1.10 bits per heavy atom. The van der Waals surface area contributed by atoms with Gasteiger partial charge in [-0.15, -0.1) is 0 Å². The molecule has 1 aliphatic rings. The SMILES string of the molecule is Cc1cc2c(cc1Cc1ccc(C(=O)NCC(C)(C)CO)o1)C(C)(C)CCC2(C)C. The van der Waals surface area contributed by atoms with Gasteiger partial charge >= 0.3 is 0 Å². The van der Waals surface area contributed by atoms with E-state index in [4.69, 9.17) is 4.42 Å². The van der Waals surface area contributed by atoms with Gasteiger partial charge < -0.3 is 14.8 Å². The average molecular weight is 412 g/mol. The molecule has 4 heteroatoms. The Hall–Kier alpha value is -2.07. The third-order valence-electron chi connectivity index (χ3n) is 6.71. The minimum Gasteiger partial charge on any atom is -0.456 e. The second-order valence-electron chi connectivity index (χ2n) is 11.0. The second kappa shape index (κ2) is 7.88. The van der Waals surface area contributed by atoms with Crippen LogP contribution in [0.15, 0.2) is 28.7 Å². The molecule has 0 fully saturated rings. The maximum absolute atomic E-state index is 12.4. The fourth-order valence-electron chi connectivity index (χ4n) is 4.20. The molecule has 0 radical (unpaired) electrons. The molecule has 2 N–H and O–H groups in total. The molecule has 1 amide bonds. The van der Waals surface area contributed by atoms with E-state index in [0.29, 0.717) is 18.7 Å². The Bertz CT molecular complexity index is 934. The molecule has 0 atom stereocenters. The van der Waals surface area contributed by atoms with Crippen molar-refractivity contribution in [2.45, 2.75) is 78.6 Å². The van der Waals surface area contributed by atoms with Gasteiger partial charge in [-0.3, -0.25) is 4.79 Å². The van der Waals surface area contributed by atoms with Crippen LogP contribution < -0.4 is 5.32 Å². The standard InChI is InChI=1S/C26H37NO3/c1-17-12-20-21(26(6,7)11-10-25(20,4)5)14-18(17)13-19-8-9-22(30-19)23(29)27-15-24(2,3)16-28/h8-9,12,14,28H,10-11,13,15-16H2,1-7H3,(H,27,29). The fraction of sp³-hybridized carbons (Fsp3) is 0.577. The highest BCUT2D eigenvalue weighted by atomic mass is 16.3. The molecule has 0 aliphatic heterocycles. The van der Waals surface area contributed by atoms with Crippen LogP contribution in [0.4, 0.5) is 0 Å². The quantitative estimate of drug-likeness (QED) is 0.680. The molecule has 0 unspecified atom stereocenters. The molecule has 1 aromatic carbocycles.